The molecule has 1 aromatic heterocycles. The third-order valence-electron chi connectivity index (χ3n) is 2.88. The van der Waals surface area contributed by atoms with E-state index in [0.717, 1.165) is 22.6 Å². The Morgan fingerprint density at radius 2 is 2.29 bits per heavy atom. The van der Waals surface area contributed by atoms with Gasteiger partial charge in [0.2, 0.25) is 0 Å². The zero-order valence-electron chi connectivity index (χ0n) is 9.42. The van der Waals surface area contributed by atoms with Crippen molar-refractivity contribution >= 4 is 28.8 Å². The molecule has 0 amide bonds. The summed E-state index contributed by atoms with van der Waals surface area (Å²) < 4.78 is 6.97. The topological polar surface area (TPSA) is 44.1 Å². The Bertz CT molecular complexity index is 579. The highest BCUT2D eigenvalue weighted by atomic mass is 32.2. The number of rotatable bonds is 2. The molecule has 0 radical (unpaired) electrons. The molecule has 1 atom stereocenters. The summed E-state index contributed by atoms with van der Waals surface area (Å²) in [6, 6.07) is 7.96. The number of benzene rings is 1. The molecule has 0 bridgehead atoms. The molecular weight excluding hydrogens is 236 g/mol. The van der Waals surface area contributed by atoms with E-state index >= 15 is 0 Å². The molecule has 1 unspecified atom stereocenters. The van der Waals surface area contributed by atoms with E-state index in [1.54, 1.807) is 0 Å². The van der Waals surface area contributed by atoms with E-state index < -0.39 is 0 Å². The van der Waals surface area contributed by atoms with Gasteiger partial charge in [-0.15, -0.1) is 0 Å². The summed E-state index contributed by atoms with van der Waals surface area (Å²) in [6.45, 7) is 0.528. The monoisotopic (exact) mass is 248 g/mol. The second-order valence-corrected chi connectivity index (χ2v) is 5.17. The van der Waals surface area contributed by atoms with Crippen molar-refractivity contribution in [1.82, 2.24) is 9.55 Å². The Morgan fingerprint density at radius 1 is 1.47 bits per heavy atom. The fourth-order valence-corrected chi connectivity index (χ4v) is 2.98. The van der Waals surface area contributed by atoms with Gasteiger partial charge in [-0.3, -0.25) is 4.79 Å². The van der Waals surface area contributed by atoms with Crippen molar-refractivity contribution < 1.29 is 9.53 Å². The predicted molar refractivity (Wildman–Crippen MR) is 65.9 cm³/mol. The first-order valence-corrected chi connectivity index (χ1v) is 6.38. The first kappa shape index (κ1) is 10.7. The summed E-state index contributed by atoms with van der Waals surface area (Å²) in [5.74, 6) is -0.123. The number of thioether (sulfide) groups is 1. The van der Waals surface area contributed by atoms with Crippen molar-refractivity contribution in [2.75, 3.05) is 6.61 Å². The van der Waals surface area contributed by atoms with Crippen molar-refractivity contribution in [2.24, 2.45) is 7.05 Å². The number of hydrogen-bond acceptors (Lipinski definition) is 4. The van der Waals surface area contributed by atoms with Gasteiger partial charge in [-0.25, -0.2) is 4.98 Å². The number of para-hydroxylation sites is 2. The standard InChI is InChI=1S/C12H12N2O2S/c1-14-9-5-3-2-4-8(9)13-12(14)17-10-6-7-16-11(10)15/h2-5,10H,6-7H2,1H3. The molecule has 1 aliphatic rings. The molecule has 1 aliphatic heterocycles. The van der Waals surface area contributed by atoms with Crippen LogP contribution in [0.1, 0.15) is 6.42 Å². The third kappa shape index (κ3) is 1.80. The molecular formula is C12H12N2O2S. The van der Waals surface area contributed by atoms with E-state index in [2.05, 4.69) is 4.98 Å². The Balaban J connectivity index is 1.95. The lowest BCUT2D eigenvalue weighted by Crippen LogP contribution is -2.10. The highest BCUT2D eigenvalue weighted by molar-refractivity contribution is 8.00. The lowest BCUT2D eigenvalue weighted by molar-refractivity contribution is -0.137. The third-order valence-corrected chi connectivity index (χ3v) is 4.17. The quantitative estimate of drug-likeness (QED) is 0.762. The summed E-state index contributed by atoms with van der Waals surface area (Å²) in [4.78, 5) is 16.0. The number of esters is 1. The van der Waals surface area contributed by atoms with Crippen LogP contribution in [-0.4, -0.2) is 27.4 Å². The van der Waals surface area contributed by atoms with Gasteiger partial charge in [0.25, 0.3) is 0 Å². The van der Waals surface area contributed by atoms with Crippen LogP contribution in [0.3, 0.4) is 0 Å². The first-order valence-electron chi connectivity index (χ1n) is 5.50. The van der Waals surface area contributed by atoms with Crippen LogP contribution < -0.4 is 0 Å². The second-order valence-electron chi connectivity index (χ2n) is 4.00. The molecule has 0 saturated carbocycles. The number of carbonyl (C=O) groups excluding carboxylic acids is 1. The van der Waals surface area contributed by atoms with Gasteiger partial charge in [-0.1, -0.05) is 23.9 Å². The van der Waals surface area contributed by atoms with Gasteiger partial charge in [-0.05, 0) is 12.1 Å². The van der Waals surface area contributed by atoms with Gasteiger partial charge in [-0.2, -0.15) is 0 Å². The zero-order valence-corrected chi connectivity index (χ0v) is 10.2. The van der Waals surface area contributed by atoms with Crippen molar-refractivity contribution in [3.63, 3.8) is 0 Å². The minimum Gasteiger partial charge on any atom is -0.465 e. The molecule has 2 aromatic rings. The number of ether oxygens (including phenoxy) is 1. The lowest BCUT2D eigenvalue weighted by atomic mass is 10.3. The van der Waals surface area contributed by atoms with Crippen LogP contribution >= 0.6 is 11.8 Å². The van der Waals surface area contributed by atoms with Gasteiger partial charge in [0.1, 0.15) is 5.25 Å². The van der Waals surface area contributed by atoms with Gasteiger partial charge >= 0.3 is 5.97 Å². The molecule has 0 spiro atoms. The molecule has 1 fully saturated rings. The number of cyclic esters (lactones) is 1. The van der Waals surface area contributed by atoms with Crippen molar-refractivity contribution in [3.05, 3.63) is 24.3 Å². The van der Waals surface area contributed by atoms with Crippen LogP contribution in [0.4, 0.5) is 0 Å². The fourth-order valence-electron chi connectivity index (χ4n) is 1.94. The van der Waals surface area contributed by atoms with Gasteiger partial charge in [0, 0.05) is 13.5 Å². The molecule has 0 N–H and O–H groups in total. The summed E-state index contributed by atoms with van der Waals surface area (Å²) in [5.41, 5.74) is 2.05. The largest absolute Gasteiger partial charge is 0.465 e. The number of aryl methyl sites for hydroxylation is 1. The van der Waals surface area contributed by atoms with Crippen molar-refractivity contribution in [3.8, 4) is 0 Å². The van der Waals surface area contributed by atoms with E-state index in [9.17, 15) is 4.79 Å². The Morgan fingerprint density at radius 3 is 3.00 bits per heavy atom. The van der Waals surface area contributed by atoms with Crippen molar-refractivity contribution in [1.29, 1.82) is 0 Å². The van der Waals surface area contributed by atoms with Crippen LogP contribution in [0.5, 0.6) is 0 Å². The van der Waals surface area contributed by atoms with Crippen LogP contribution in [0.15, 0.2) is 29.4 Å². The summed E-state index contributed by atoms with van der Waals surface area (Å²) in [7, 11) is 1.97. The zero-order chi connectivity index (χ0) is 11.8. The van der Waals surface area contributed by atoms with Crippen LogP contribution in [0, 0.1) is 0 Å². The van der Waals surface area contributed by atoms with Crippen molar-refractivity contribution in [2.45, 2.75) is 16.8 Å². The minimum absolute atomic E-state index is 0.106. The maximum Gasteiger partial charge on any atom is 0.319 e. The van der Waals surface area contributed by atoms with E-state index in [1.165, 1.54) is 11.8 Å². The van der Waals surface area contributed by atoms with Gasteiger partial charge in [0.15, 0.2) is 5.16 Å². The summed E-state index contributed by atoms with van der Waals surface area (Å²) in [5, 5.41) is 0.764. The van der Waals surface area contributed by atoms with Gasteiger partial charge in [0.05, 0.1) is 17.6 Å². The maximum absolute atomic E-state index is 11.4. The highest BCUT2D eigenvalue weighted by Gasteiger charge is 2.29. The molecule has 17 heavy (non-hydrogen) atoms. The normalized spacial score (nSPS) is 19.8. The molecule has 1 aromatic carbocycles. The molecule has 1 saturated heterocycles. The number of hydrogen-bond donors (Lipinski definition) is 0. The number of carbonyl (C=O) groups is 1. The van der Waals surface area contributed by atoms with Crippen LogP contribution in [-0.2, 0) is 16.6 Å². The molecule has 88 valence electrons. The van der Waals surface area contributed by atoms with E-state index in [0.29, 0.717) is 6.61 Å². The molecule has 0 aliphatic carbocycles. The van der Waals surface area contributed by atoms with E-state index in [-0.39, 0.29) is 11.2 Å². The Hall–Kier alpha value is -1.49. The number of aromatic nitrogens is 2. The average molecular weight is 248 g/mol. The molecule has 2 heterocycles. The predicted octanol–water partition coefficient (Wildman–Crippen LogP) is 1.98. The fraction of sp³-hybridized carbons (Fsp3) is 0.333. The van der Waals surface area contributed by atoms with Gasteiger partial charge < -0.3 is 9.30 Å². The Labute approximate surface area is 103 Å². The summed E-state index contributed by atoms with van der Waals surface area (Å²) in [6.07, 6.45) is 0.771. The smallest absolute Gasteiger partial charge is 0.319 e. The number of nitrogens with zero attached hydrogens (tertiary/aromatic N) is 2. The second kappa shape index (κ2) is 4.07. The van der Waals surface area contributed by atoms with Crippen LogP contribution in [0.25, 0.3) is 11.0 Å². The first-order chi connectivity index (χ1) is 8.25. The lowest BCUT2D eigenvalue weighted by Gasteiger charge is -2.04. The SMILES string of the molecule is Cn1c(SC2CCOC2=O)nc2ccccc21. The number of imidazole rings is 1. The maximum atomic E-state index is 11.4. The highest BCUT2D eigenvalue weighted by Crippen LogP contribution is 2.30. The van der Waals surface area contributed by atoms with E-state index in [1.807, 2.05) is 35.9 Å². The van der Waals surface area contributed by atoms with Crippen LogP contribution in [0.2, 0.25) is 0 Å². The average Bonchev–Trinajstić information content (AvgIpc) is 2.87. The molecule has 3 rings (SSSR count). The molecule has 5 heteroatoms. The van der Waals surface area contributed by atoms with E-state index in [4.69, 9.17) is 4.74 Å². The minimum atomic E-state index is -0.123. The molecule has 4 nitrogen and oxygen atoms in total. The summed E-state index contributed by atoms with van der Waals surface area (Å²) >= 11 is 1.49. The Kier molecular flexibility index (Phi) is 2.55. The number of fused-ring (bicyclic) bond motifs is 1.